The number of ketones is 1. The summed E-state index contributed by atoms with van der Waals surface area (Å²) in [5.41, 5.74) is 2.32. The molecule has 0 spiro atoms. The monoisotopic (exact) mass is 355 g/mol. The molecule has 0 aliphatic rings. The van der Waals surface area contributed by atoms with Crippen LogP contribution < -0.4 is 0 Å². The molecule has 0 fully saturated rings. The fraction of sp³-hybridized carbons (Fsp3) is 0.250. The number of benzene rings is 1. The smallest absolute Gasteiger partial charge is 0.338 e. The van der Waals surface area contributed by atoms with Crippen molar-refractivity contribution in [2.75, 3.05) is 6.61 Å². The predicted molar refractivity (Wildman–Crippen MR) is 87.6 cm³/mol. The number of aryl methyl sites for hydroxylation is 1. The molecule has 1 N–H and O–H groups in total. The van der Waals surface area contributed by atoms with Gasteiger partial charge in [0.25, 0.3) is 0 Å². The Balaban J connectivity index is 2.10. The number of ether oxygens (including phenoxy) is 1. The normalized spacial score (nSPS) is 10.7. The van der Waals surface area contributed by atoms with Crippen LogP contribution in [0.5, 0.6) is 5.75 Å². The van der Waals surface area contributed by atoms with E-state index < -0.39 is 5.97 Å². The van der Waals surface area contributed by atoms with Crippen LogP contribution in [0, 0.1) is 13.8 Å². The molecular formula is C16H15Cl2NO4. The zero-order valence-electron chi connectivity index (χ0n) is 12.8. The highest BCUT2D eigenvalue weighted by atomic mass is 35.5. The number of Topliss-reactive ketones (excluding diaryl/α,β-unsaturated/α-hetero) is 1. The number of aromatic nitrogens is 1. The lowest BCUT2D eigenvalue weighted by Gasteiger charge is -2.07. The van der Waals surface area contributed by atoms with Gasteiger partial charge < -0.3 is 14.4 Å². The summed E-state index contributed by atoms with van der Waals surface area (Å²) in [7, 11) is 1.86. The second-order valence-corrected chi connectivity index (χ2v) is 5.95. The summed E-state index contributed by atoms with van der Waals surface area (Å²) in [5.74, 6) is -1.35. The van der Waals surface area contributed by atoms with E-state index in [1.807, 2.05) is 25.5 Å². The summed E-state index contributed by atoms with van der Waals surface area (Å²) in [6.07, 6.45) is 0. The van der Waals surface area contributed by atoms with Crippen molar-refractivity contribution in [2.45, 2.75) is 13.8 Å². The number of hydrogen-bond acceptors (Lipinski definition) is 4. The third-order valence-corrected chi connectivity index (χ3v) is 4.24. The molecule has 1 aromatic heterocycles. The number of esters is 1. The van der Waals surface area contributed by atoms with Crippen molar-refractivity contribution in [1.29, 1.82) is 0 Å². The molecule has 0 bridgehead atoms. The minimum absolute atomic E-state index is 0.0616. The average Bonchev–Trinajstić information content (AvgIpc) is 2.77. The maximum Gasteiger partial charge on any atom is 0.338 e. The van der Waals surface area contributed by atoms with Crippen molar-refractivity contribution in [3.05, 3.63) is 50.8 Å². The number of rotatable bonds is 4. The fourth-order valence-corrected chi connectivity index (χ4v) is 2.60. The zero-order valence-corrected chi connectivity index (χ0v) is 14.3. The molecule has 122 valence electrons. The maximum atomic E-state index is 12.2. The highest BCUT2D eigenvalue weighted by molar-refractivity contribution is 6.37. The lowest BCUT2D eigenvalue weighted by Crippen LogP contribution is -2.15. The van der Waals surface area contributed by atoms with Gasteiger partial charge in [0.15, 0.2) is 12.4 Å². The van der Waals surface area contributed by atoms with Gasteiger partial charge in [0.1, 0.15) is 0 Å². The van der Waals surface area contributed by atoms with Gasteiger partial charge in [0.2, 0.25) is 5.78 Å². The SMILES string of the molecule is Cc1cc(C(=O)COC(=O)c2cc(Cl)c(O)c(Cl)c2)c(C)n1C. The number of hydrogen-bond donors (Lipinski definition) is 1. The Bertz CT molecular complexity index is 773. The van der Waals surface area contributed by atoms with Gasteiger partial charge in [-0.15, -0.1) is 0 Å². The fourth-order valence-electron chi connectivity index (χ4n) is 2.11. The Morgan fingerprint density at radius 1 is 1.17 bits per heavy atom. The van der Waals surface area contributed by atoms with E-state index >= 15 is 0 Å². The molecule has 7 heteroatoms. The van der Waals surface area contributed by atoms with Gasteiger partial charge in [0.05, 0.1) is 15.6 Å². The summed E-state index contributed by atoms with van der Waals surface area (Å²) in [6, 6.07) is 4.21. The van der Waals surface area contributed by atoms with Crippen LogP contribution in [0.1, 0.15) is 32.1 Å². The van der Waals surface area contributed by atoms with Crippen molar-refractivity contribution in [3.63, 3.8) is 0 Å². The van der Waals surface area contributed by atoms with Crippen LogP contribution in [0.4, 0.5) is 0 Å². The van der Waals surface area contributed by atoms with Gasteiger partial charge in [-0.2, -0.15) is 0 Å². The Morgan fingerprint density at radius 3 is 2.22 bits per heavy atom. The number of carbonyl (C=O) groups excluding carboxylic acids is 2. The van der Waals surface area contributed by atoms with E-state index in [0.717, 1.165) is 11.4 Å². The number of phenols is 1. The quantitative estimate of drug-likeness (QED) is 0.670. The highest BCUT2D eigenvalue weighted by Gasteiger charge is 2.18. The third-order valence-electron chi connectivity index (χ3n) is 3.66. The molecule has 0 aliphatic carbocycles. The van der Waals surface area contributed by atoms with E-state index in [4.69, 9.17) is 27.9 Å². The first kappa shape index (κ1) is 17.4. The topological polar surface area (TPSA) is 68.5 Å². The van der Waals surface area contributed by atoms with E-state index in [-0.39, 0.29) is 33.7 Å². The van der Waals surface area contributed by atoms with E-state index in [1.165, 1.54) is 12.1 Å². The number of aromatic hydroxyl groups is 1. The largest absolute Gasteiger partial charge is 0.505 e. The molecule has 1 aromatic carbocycles. The van der Waals surface area contributed by atoms with E-state index in [1.54, 1.807) is 6.07 Å². The zero-order chi connectivity index (χ0) is 17.3. The van der Waals surface area contributed by atoms with Gasteiger partial charge in [-0.05, 0) is 32.0 Å². The Hall–Kier alpha value is -1.98. The number of halogens is 2. The molecule has 23 heavy (non-hydrogen) atoms. The minimum atomic E-state index is -0.743. The molecule has 0 radical (unpaired) electrons. The highest BCUT2D eigenvalue weighted by Crippen LogP contribution is 2.32. The van der Waals surface area contributed by atoms with Crippen molar-refractivity contribution in [1.82, 2.24) is 4.57 Å². The van der Waals surface area contributed by atoms with E-state index in [0.29, 0.717) is 5.56 Å². The van der Waals surface area contributed by atoms with Crippen LogP contribution in [0.15, 0.2) is 18.2 Å². The van der Waals surface area contributed by atoms with Crippen LogP contribution in [0.2, 0.25) is 10.0 Å². The van der Waals surface area contributed by atoms with Crippen LogP contribution in [-0.4, -0.2) is 28.0 Å². The second-order valence-electron chi connectivity index (χ2n) is 5.13. The van der Waals surface area contributed by atoms with Gasteiger partial charge in [-0.3, -0.25) is 4.79 Å². The van der Waals surface area contributed by atoms with Crippen molar-refractivity contribution < 1.29 is 19.4 Å². The lowest BCUT2D eigenvalue weighted by molar-refractivity contribution is 0.0474. The predicted octanol–water partition coefficient (Wildman–Crippen LogP) is 3.69. The third kappa shape index (κ3) is 3.51. The molecule has 0 saturated heterocycles. The van der Waals surface area contributed by atoms with Gasteiger partial charge in [-0.25, -0.2) is 4.79 Å². The van der Waals surface area contributed by atoms with Crippen LogP contribution in [-0.2, 0) is 11.8 Å². The first-order valence-corrected chi connectivity index (χ1v) is 7.49. The first-order valence-electron chi connectivity index (χ1n) is 6.73. The van der Waals surface area contributed by atoms with Crippen LogP contribution in [0.25, 0.3) is 0 Å². The average molecular weight is 356 g/mol. The molecule has 0 amide bonds. The van der Waals surface area contributed by atoms with Gasteiger partial charge in [-0.1, -0.05) is 23.2 Å². The van der Waals surface area contributed by atoms with Crippen molar-refractivity contribution in [2.24, 2.45) is 7.05 Å². The van der Waals surface area contributed by atoms with E-state index in [2.05, 4.69) is 0 Å². The van der Waals surface area contributed by atoms with Gasteiger partial charge >= 0.3 is 5.97 Å². The molecular weight excluding hydrogens is 341 g/mol. The molecule has 2 rings (SSSR count). The maximum absolute atomic E-state index is 12.2. The Kier molecular flexibility index (Phi) is 5.02. The van der Waals surface area contributed by atoms with Crippen LogP contribution in [0.3, 0.4) is 0 Å². The standard InChI is InChI=1S/C16H15Cl2NO4/c1-8-4-11(9(2)19(8)3)14(20)7-23-16(22)10-5-12(17)15(21)13(18)6-10/h4-6,21H,7H2,1-3H3. The molecule has 0 unspecified atom stereocenters. The summed E-state index contributed by atoms with van der Waals surface area (Å²) >= 11 is 11.5. The molecule has 0 atom stereocenters. The Morgan fingerprint density at radius 2 is 1.74 bits per heavy atom. The number of nitrogens with zero attached hydrogens (tertiary/aromatic N) is 1. The molecule has 2 aromatic rings. The van der Waals surface area contributed by atoms with Crippen LogP contribution >= 0.6 is 23.2 Å². The van der Waals surface area contributed by atoms with Gasteiger partial charge in [0, 0.05) is 24.0 Å². The lowest BCUT2D eigenvalue weighted by atomic mass is 10.1. The number of carbonyl (C=O) groups is 2. The second kappa shape index (κ2) is 6.64. The molecule has 5 nitrogen and oxygen atoms in total. The van der Waals surface area contributed by atoms with E-state index in [9.17, 15) is 14.7 Å². The molecule has 0 aliphatic heterocycles. The molecule has 0 saturated carbocycles. The first-order chi connectivity index (χ1) is 10.7. The summed E-state index contributed by atoms with van der Waals surface area (Å²) in [6.45, 7) is 3.32. The van der Waals surface area contributed by atoms with Crippen molar-refractivity contribution in [3.8, 4) is 5.75 Å². The number of phenolic OH excluding ortho intramolecular Hbond substituents is 1. The minimum Gasteiger partial charge on any atom is -0.505 e. The molecule has 1 heterocycles. The summed E-state index contributed by atoms with van der Waals surface area (Å²) in [4.78, 5) is 24.1. The van der Waals surface area contributed by atoms with Crippen molar-refractivity contribution >= 4 is 35.0 Å². The summed E-state index contributed by atoms with van der Waals surface area (Å²) in [5, 5.41) is 9.34. The Labute approximate surface area is 143 Å². The summed E-state index contributed by atoms with van der Waals surface area (Å²) < 4.78 is 6.89.